The molecule has 1 rings (SSSR count). The van der Waals surface area contributed by atoms with Gasteiger partial charge in [-0.15, -0.1) is 6.58 Å². The normalized spacial score (nSPS) is 20.1. The predicted molar refractivity (Wildman–Crippen MR) is 57.8 cm³/mol. The second kappa shape index (κ2) is 5.15. The van der Waals surface area contributed by atoms with Gasteiger partial charge in [0.1, 0.15) is 0 Å². The summed E-state index contributed by atoms with van der Waals surface area (Å²) in [5, 5.41) is 2.77. The molecule has 0 atom stereocenters. The van der Waals surface area contributed by atoms with Crippen LogP contribution in [-0.2, 0) is 4.79 Å². The fraction of sp³-hybridized carbons (Fsp3) is 0.727. The Labute approximate surface area is 85.7 Å². The molecule has 1 fully saturated rings. The molecule has 0 aromatic rings. The second-order valence-corrected chi connectivity index (χ2v) is 4.19. The maximum Gasteiger partial charge on any atom is 0.222 e. The van der Waals surface area contributed by atoms with Crippen LogP contribution in [0, 0.1) is 0 Å². The molecule has 1 amide bonds. The Kier molecular flexibility index (Phi) is 4.14. The summed E-state index contributed by atoms with van der Waals surface area (Å²) in [5.74, 6) is 0.0503. The van der Waals surface area contributed by atoms with Crippen molar-refractivity contribution in [3.8, 4) is 0 Å². The Morgan fingerprint density at radius 3 is 2.64 bits per heavy atom. The first-order valence-corrected chi connectivity index (χ1v) is 5.33. The fourth-order valence-corrected chi connectivity index (χ4v) is 2.00. The van der Waals surface area contributed by atoms with Crippen molar-refractivity contribution in [3.63, 3.8) is 0 Å². The molecule has 0 saturated heterocycles. The van der Waals surface area contributed by atoms with E-state index in [1.165, 1.54) is 6.42 Å². The zero-order chi connectivity index (χ0) is 10.4. The SMILES string of the molecule is C=CCNC(=O)CC1(N)CCCCC1. The predicted octanol–water partition coefficient (Wildman–Crippen LogP) is 1.34. The van der Waals surface area contributed by atoms with Crippen molar-refractivity contribution in [2.75, 3.05) is 6.54 Å². The van der Waals surface area contributed by atoms with Gasteiger partial charge in [0, 0.05) is 18.5 Å². The third-order valence-corrected chi connectivity index (χ3v) is 2.81. The molecule has 3 nitrogen and oxygen atoms in total. The van der Waals surface area contributed by atoms with Crippen molar-refractivity contribution in [2.24, 2.45) is 5.73 Å². The third-order valence-electron chi connectivity index (χ3n) is 2.81. The first kappa shape index (κ1) is 11.2. The van der Waals surface area contributed by atoms with Crippen LogP contribution in [0.4, 0.5) is 0 Å². The lowest BCUT2D eigenvalue weighted by Gasteiger charge is -2.32. The molecule has 80 valence electrons. The maximum absolute atomic E-state index is 11.4. The number of amides is 1. The molecular formula is C11H20N2O. The van der Waals surface area contributed by atoms with Crippen LogP contribution in [0.25, 0.3) is 0 Å². The van der Waals surface area contributed by atoms with Gasteiger partial charge in [-0.3, -0.25) is 4.79 Å². The molecule has 0 spiro atoms. The van der Waals surface area contributed by atoms with Gasteiger partial charge in [0.25, 0.3) is 0 Å². The van der Waals surface area contributed by atoms with E-state index in [1.54, 1.807) is 6.08 Å². The van der Waals surface area contributed by atoms with E-state index >= 15 is 0 Å². The Hall–Kier alpha value is -0.830. The zero-order valence-corrected chi connectivity index (χ0v) is 8.72. The van der Waals surface area contributed by atoms with Crippen LogP contribution in [-0.4, -0.2) is 18.0 Å². The summed E-state index contributed by atoms with van der Waals surface area (Å²) in [6, 6.07) is 0. The molecule has 14 heavy (non-hydrogen) atoms. The molecule has 0 radical (unpaired) electrons. The Morgan fingerprint density at radius 2 is 2.07 bits per heavy atom. The quantitative estimate of drug-likeness (QED) is 0.667. The molecule has 3 heteroatoms. The van der Waals surface area contributed by atoms with Gasteiger partial charge in [0.15, 0.2) is 0 Å². The highest BCUT2D eigenvalue weighted by Crippen LogP contribution is 2.28. The van der Waals surface area contributed by atoms with Gasteiger partial charge in [-0.05, 0) is 12.8 Å². The van der Waals surface area contributed by atoms with Crippen LogP contribution in [0.15, 0.2) is 12.7 Å². The van der Waals surface area contributed by atoms with Crippen molar-refractivity contribution in [1.82, 2.24) is 5.32 Å². The van der Waals surface area contributed by atoms with Crippen LogP contribution in [0.3, 0.4) is 0 Å². The number of rotatable bonds is 4. The molecule has 0 bridgehead atoms. The van der Waals surface area contributed by atoms with Crippen molar-refractivity contribution in [2.45, 2.75) is 44.1 Å². The molecule has 1 aliphatic rings. The van der Waals surface area contributed by atoms with E-state index in [0.29, 0.717) is 13.0 Å². The molecule has 1 aliphatic carbocycles. The maximum atomic E-state index is 11.4. The summed E-state index contributed by atoms with van der Waals surface area (Å²) in [4.78, 5) is 11.4. The number of nitrogens with one attached hydrogen (secondary N) is 1. The molecule has 3 N–H and O–H groups in total. The molecule has 0 heterocycles. The number of carbonyl (C=O) groups excluding carboxylic acids is 1. The van der Waals surface area contributed by atoms with Crippen molar-refractivity contribution >= 4 is 5.91 Å². The average Bonchev–Trinajstić information content (AvgIpc) is 2.15. The van der Waals surface area contributed by atoms with Gasteiger partial charge in [-0.25, -0.2) is 0 Å². The second-order valence-electron chi connectivity index (χ2n) is 4.19. The standard InChI is InChI=1S/C11H20N2O/c1-2-8-13-10(14)9-11(12)6-4-3-5-7-11/h2H,1,3-9,12H2,(H,13,14). The first-order valence-electron chi connectivity index (χ1n) is 5.33. The van der Waals surface area contributed by atoms with Gasteiger partial charge < -0.3 is 11.1 Å². The largest absolute Gasteiger partial charge is 0.353 e. The summed E-state index contributed by atoms with van der Waals surface area (Å²) < 4.78 is 0. The van der Waals surface area contributed by atoms with E-state index in [9.17, 15) is 4.79 Å². The highest BCUT2D eigenvalue weighted by atomic mass is 16.1. The lowest BCUT2D eigenvalue weighted by molar-refractivity contribution is -0.122. The van der Waals surface area contributed by atoms with E-state index in [0.717, 1.165) is 25.7 Å². The monoisotopic (exact) mass is 196 g/mol. The minimum atomic E-state index is -0.247. The van der Waals surface area contributed by atoms with Crippen LogP contribution in [0.2, 0.25) is 0 Å². The van der Waals surface area contributed by atoms with E-state index in [4.69, 9.17) is 5.73 Å². The van der Waals surface area contributed by atoms with Crippen LogP contribution < -0.4 is 11.1 Å². The summed E-state index contributed by atoms with van der Waals surface area (Å²) in [5.41, 5.74) is 5.90. The molecular weight excluding hydrogens is 176 g/mol. The summed E-state index contributed by atoms with van der Waals surface area (Å²) in [6.07, 6.45) is 7.68. The van der Waals surface area contributed by atoms with Crippen LogP contribution in [0.5, 0.6) is 0 Å². The fourth-order valence-electron chi connectivity index (χ4n) is 2.00. The molecule has 1 saturated carbocycles. The van der Waals surface area contributed by atoms with Crippen molar-refractivity contribution in [3.05, 3.63) is 12.7 Å². The lowest BCUT2D eigenvalue weighted by atomic mass is 9.80. The van der Waals surface area contributed by atoms with Crippen LogP contribution >= 0.6 is 0 Å². The first-order chi connectivity index (χ1) is 6.66. The molecule has 0 aromatic carbocycles. The third kappa shape index (κ3) is 3.50. The topological polar surface area (TPSA) is 55.1 Å². The average molecular weight is 196 g/mol. The Bertz CT molecular complexity index is 207. The van der Waals surface area contributed by atoms with Crippen molar-refractivity contribution < 1.29 is 4.79 Å². The summed E-state index contributed by atoms with van der Waals surface area (Å²) in [7, 11) is 0. The smallest absolute Gasteiger partial charge is 0.222 e. The van der Waals surface area contributed by atoms with E-state index in [1.807, 2.05) is 0 Å². The van der Waals surface area contributed by atoms with Crippen molar-refractivity contribution in [1.29, 1.82) is 0 Å². The van der Waals surface area contributed by atoms with Gasteiger partial charge in [-0.1, -0.05) is 25.3 Å². The summed E-state index contributed by atoms with van der Waals surface area (Å²) in [6.45, 7) is 4.09. The Morgan fingerprint density at radius 1 is 1.43 bits per heavy atom. The lowest BCUT2D eigenvalue weighted by Crippen LogP contribution is -2.46. The minimum absolute atomic E-state index is 0.0503. The van der Waals surface area contributed by atoms with E-state index < -0.39 is 0 Å². The molecule has 0 aliphatic heterocycles. The Balaban J connectivity index is 2.33. The van der Waals surface area contributed by atoms with Gasteiger partial charge in [0.2, 0.25) is 5.91 Å². The van der Waals surface area contributed by atoms with E-state index in [2.05, 4.69) is 11.9 Å². The molecule has 0 unspecified atom stereocenters. The van der Waals surface area contributed by atoms with Gasteiger partial charge >= 0.3 is 0 Å². The number of carbonyl (C=O) groups is 1. The number of hydrogen-bond donors (Lipinski definition) is 2. The highest BCUT2D eigenvalue weighted by Gasteiger charge is 2.29. The minimum Gasteiger partial charge on any atom is -0.353 e. The van der Waals surface area contributed by atoms with Crippen LogP contribution in [0.1, 0.15) is 38.5 Å². The number of hydrogen-bond acceptors (Lipinski definition) is 2. The van der Waals surface area contributed by atoms with Gasteiger partial charge in [-0.2, -0.15) is 0 Å². The van der Waals surface area contributed by atoms with E-state index in [-0.39, 0.29) is 11.4 Å². The number of nitrogens with two attached hydrogens (primary N) is 1. The van der Waals surface area contributed by atoms with Gasteiger partial charge in [0.05, 0.1) is 0 Å². The molecule has 0 aromatic heterocycles. The zero-order valence-electron chi connectivity index (χ0n) is 8.72. The summed E-state index contributed by atoms with van der Waals surface area (Å²) >= 11 is 0. The highest BCUT2D eigenvalue weighted by molar-refractivity contribution is 5.77.